The molecular weight excluding hydrogens is 316 g/mol. The fourth-order valence-electron chi connectivity index (χ4n) is 3.28. The third-order valence-electron chi connectivity index (χ3n) is 4.66. The Morgan fingerprint density at radius 2 is 2.15 bits per heavy atom. The topological polar surface area (TPSA) is 34.9 Å². The lowest BCUT2D eigenvalue weighted by Crippen LogP contribution is -2.24. The Labute approximate surface area is 130 Å². The van der Waals surface area contributed by atoms with E-state index < -0.39 is 0 Å². The molecule has 20 heavy (non-hydrogen) atoms. The highest BCUT2D eigenvalue weighted by Crippen LogP contribution is 2.33. The van der Waals surface area contributed by atoms with Crippen molar-refractivity contribution in [1.29, 1.82) is 0 Å². The molecule has 1 aromatic rings. The smallest absolute Gasteiger partial charge is 0.141 e. The van der Waals surface area contributed by atoms with Crippen LogP contribution in [0.15, 0.2) is 4.47 Å². The second-order valence-corrected chi connectivity index (χ2v) is 6.76. The molecule has 0 N–H and O–H groups in total. The molecule has 0 amide bonds. The molecule has 2 rings (SSSR count). The van der Waals surface area contributed by atoms with Gasteiger partial charge in [0.15, 0.2) is 0 Å². The summed E-state index contributed by atoms with van der Waals surface area (Å²) in [5.74, 6) is 1.41. The molecule has 112 valence electrons. The molecule has 4 heteroatoms. The molecule has 1 fully saturated rings. The van der Waals surface area contributed by atoms with Crippen LogP contribution in [-0.2, 0) is 24.7 Å². The van der Waals surface area contributed by atoms with Crippen LogP contribution in [0.25, 0.3) is 0 Å². The van der Waals surface area contributed by atoms with E-state index in [9.17, 15) is 4.79 Å². The van der Waals surface area contributed by atoms with Gasteiger partial charge in [0.25, 0.3) is 0 Å². The molecule has 0 spiro atoms. The summed E-state index contributed by atoms with van der Waals surface area (Å²) in [7, 11) is 1.93. The maximum atomic E-state index is 12.6. The number of carbonyl (C=O) groups is 1. The quantitative estimate of drug-likeness (QED) is 0.809. The van der Waals surface area contributed by atoms with E-state index in [0.717, 1.165) is 41.0 Å². The molecule has 1 heterocycles. The number of aromatic nitrogens is 2. The van der Waals surface area contributed by atoms with Gasteiger partial charge in [0, 0.05) is 19.4 Å². The Hall–Kier alpha value is -0.640. The van der Waals surface area contributed by atoms with Crippen LogP contribution in [0.1, 0.15) is 57.3 Å². The molecule has 0 bridgehead atoms. The Balaban J connectivity index is 2.06. The Bertz CT molecular complexity index is 481. The first kappa shape index (κ1) is 15.7. The molecule has 0 saturated heterocycles. The first-order chi connectivity index (χ1) is 9.56. The Kier molecular flexibility index (Phi) is 5.42. The number of ketones is 1. The standard InChI is InChI=1S/C16H25BrN2O/c1-4-11-7-6-8-12(9-11)15(20)10-14-16(17)13(5-2)18-19(14)3/h11-12H,4-10H2,1-3H3. The van der Waals surface area contributed by atoms with Gasteiger partial charge >= 0.3 is 0 Å². The molecule has 1 aliphatic carbocycles. The van der Waals surface area contributed by atoms with Crippen molar-refractivity contribution in [1.82, 2.24) is 9.78 Å². The third-order valence-corrected chi connectivity index (χ3v) is 5.58. The highest BCUT2D eigenvalue weighted by molar-refractivity contribution is 9.10. The first-order valence-electron chi connectivity index (χ1n) is 7.79. The van der Waals surface area contributed by atoms with E-state index in [0.29, 0.717) is 12.2 Å². The number of carbonyl (C=O) groups excluding carboxylic acids is 1. The molecule has 2 unspecified atom stereocenters. The van der Waals surface area contributed by atoms with Crippen LogP contribution in [0.4, 0.5) is 0 Å². The minimum atomic E-state index is 0.264. The summed E-state index contributed by atoms with van der Waals surface area (Å²) in [5, 5.41) is 4.48. The average molecular weight is 341 g/mol. The number of nitrogens with zero attached hydrogens (tertiary/aromatic N) is 2. The first-order valence-corrected chi connectivity index (χ1v) is 8.59. The van der Waals surface area contributed by atoms with E-state index in [1.165, 1.54) is 19.3 Å². The molecule has 0 aliphatic heterocycles. The van der Waals surface area contributed by atoms with Crippen molar-refractivity contribution in [2.24, 2.45) is 18.9 Å². The zero-order valence-electron chi connectivity index (χ0n) is 12.8. The molecule has 1 aromatic heterocycles. The van der Waals surface area contributed by atoms with Crippen LogP contribution in [0, 0.1) is 11.8 Å². The number of halogens is 1. The van der Waals surface area contributed by atoms with Gasteiger partial charge in [-0.3, -0.25) is 9.48 Å². The second-order valence-electron chi connectivity index (χ2n) is 5.97. The largest absolute Gasteiger partial charge is 0.299 e. The van der Waals surface area contributed by atoms with Gasteiger partial charge in [0.2, 0.25) is 0 Å². The van der Waals surface area contributed by atoms with Crippen molar-refractivity contribution in [3.05, 3.63) is 15.9 Å². The predicted octanol–water partition coefficient (Wildman–Crippen LogP) is 4.07. The molecule has 1 aliphatic rings. The Morgan fingerprint density at radius 3 is 2.75 bits per heavy atom. The van der Waals surface area contributed by atoms with Gasteiger partial charge in [-0.2, -0.15) is 5.10 Å². The predicted molar refractivity (Wildman–Crippen MR) is 84.7 cm³/mol. The third kappa shape index (κ3) is 3.33. The number of rotatable bonds is 5. The summed E-state index contributed by atoms with van der Waals surface area (Å²) in [6.07, 6.45) is 7.29. The summed E-state index contributed by atoms with van der Waals surface area (Å²) in [6.45, 7) is 4.33. The van der Waals surface area contributed by atoms with Crippen LogP contribution in [0.5, 0.6) is 0 Å². The molecule has 0 radical (unpaired) electrons. The maximum Gasteiger partial charge on any atom is 0.141 e. The van der Waals surface area contributed by atoms with Crippen molar-refractivity contribution in [2.75, 3.05) is 0 Å². The SMILES string of the molecule is CCc1nn(C)c(CC(=O)C2CCCC(CC)C2)c1Br. The normalized spacial score (nSPS) is 23.0. The number of hydrogen-bond donors (Lipinski definition) is 0. The lowest BCUT2D eigenvalue weighted by atomic mass is 9.77. The highest BCUT2D eigenvalue weighted by Gasteiger charge is 2.27. The summed E-state index contributed by atoms with van der Waals surface area (Å²) >= 11 is 3.60. The molecule has 0 aromatic carbocycles. The molecule has 2 atom stereocenters. The van der Waals surface area contributed by atoms with Crippen LogP contribution in [0.3, 0.4) is 0 Å². The lowest BCUT2D eigenvalue weighted by molar-refractivity contribution is -0.123. The van der Waals surface area contributed by atoms with Crippen LogP contribution < -0.4 is 0 Å². The fraction of sp³-hybridized carbons (Fsp3) is 0.750. The summed E-state index contributed by atoms with van der Waals surface area (Å²) in [6, 6.07) is 0. The zero-order chi connectivity index (χ0) is 14.7. The number of Topliss-reactive ketones (excluding diaryl/α,β-unsaturated/α-hetero) is 1. The molecular formula is C16H25BrN2O. The average Bonchev–Trinajstić information content (AvgIpc) is 2.74. The Morgan fingerprint density at radius 1 is 1.40 bits per heavy atom. The van der Waals surface area contributed by atoms with Crippen molar-refractivity contribution in [3.8, 4) is 0 Å². The fourth-order valence-corrected chi connectivity index (χ4v) is 4.03. The van der Waals surface area contributed by atoms with Crippen molar-refractivity contribution < 1.29 is 4.79 Å². The van der Waals surface area contributed by atoms with Gasteiger partial charge in [-0.05, 0) is 41.1 Å². The number of hydrogen-bond acceptors (Lipinski definition) is 2. The minimum Gasteiger partial charge on any atom is -0.299 e. The van der Waals surface area contributed by atoms with Gasteiger partial charge < -0.3 is 0 Å². The number of aryl methyl sites for hydroxylation is 2. The van der Waals surface area contributed by atoms with Gasteiger partial charge in [-0.1, -0.05) is 33.1 Å². The second kappa shape index (κ2) is 6.88. The van der Waals surface area contributed by atoms with Gasteiger partial charge in [-0.15, -0.1) is 0 Å². The summed E-state index contributed by atoms with van der Waals surface area (Å²) in [5.41, 5.74) is 2.08. The summed E-state index contributed by atoms with van der Waals surface area (Å²) < 4.78 is 2.89. The monoisotopic (exact) mass is 340 g/mol. The van der Waals surface area contributed by atoms with Crippen LogP contribution in [0.2, 0.25) is 0 Å². The van der Waals surface area contributed by atoms with Crippen LogP contribution in [-0.4, -0.2) is 15.6 Å². The van der Waals surface area contributed by atoms with E-state index in [1.807, 2.05) is 11.7 Å². The minimum absolute atomic E-state index is 0.264. The van der Waals surface area contributed by atoms with Crippen molar-refractivity contribution in [3.63, 3.8) is 0 Å². The molecule has 3 nitrogen and oxygen atoms in total. The van der Waals surface area contributed by atoms with Gasteiger partial charge in [-0.25, -0.2) is 0 Å². The van der Waals surface area contributed by atoms with E-state index in [2.05, 4.69) is 34.9 Å². The van der Waals surface area contributed by atoms with Gasteiger partial charge in [0.1, 0.15) is 5.78 Å². The highest BCUT2D eigenvalue weighted by atomic mass is 79.9. The van der Waals surface area contributed by atoms with Crippen molar-refractivity contribution in [2.45, 2.75) is 58.8 Å². The molecule has 1 saturated carbocycles. The lowest BCUT2D eigenvalue weighted by Gasteiger charge is -2.27. The van der Waals surface area contributed by atoms with E-state index in [4.69, 9.17) is 0 Å². The zero-order valence-corrected chi connectivity index (χ0v) is 14.4. The van der Waals surface area contributed by atoms with Crippen LogP contribution >= 0.6 is 15.9 Å². The van der Waals surface area contributed by atoms with Gasteiger partial charge in [0.05, 0.1) is 15.9 Å². The maximum absolute atomic E-state index is 12.6. The van der Waals surface area contributed by atoms with E-state index in [-0.39, 0.29) is 5.92 Å². The summed E-state index contributed by atoms with van der Waals surface area (Å²) in [4.78, 5) is 12.6. The van der Waals surface area contributed by atoms with E-state index in [1.54, 1.807) is 0 Å². The van der Waals surface area contributed by atoms with Crippen molar-refractivity contribution >= 4 is 21.7 Å². The van der Waals surface area contributed by atoms with E-state index >= 15 is 0 Å².